The van der Waals surface area contributed by atoms with E-state index >= 15 is 0 Å². The third-order valence-corrected chi connectivity index (χ3v) is 4.38. The Hall–Kier alpha value is -2.42. The maximum absolute atomic E-state index is 8.82. The van der Waals surface area contributed by atoms with Gasteiger partial charge in [-0.15, -0.1) is 0 Å². The molecule has 0 unspecified atom stereocenters. The molecule has 0 saturated carbocycles. The van der Waals surface area contributed by atoms with Crippen LogP contribution < -0.4 is 10.2 Å². The molecular formula is C19H23N5. The predicted molar refractivity (Wildman–Crippen MR) is 95.6 cm³/mol. The van der Waals surface area contributed by atoms with E-state index in [-0.39, 0.29) is 0 Å². The number of rotatable bonds is 5. The smallest absolute Gasteiger partial charge is 0.128 e. The number of anilines is 1. The number of benzene rings is 1. The number of nitrogens with zero attached hydrogens (tertiary/aromatic N) is 4. The van der Waals surface area contributed by atoms with Crippen LogP contribution in [0.1, 0.15) is 16.7 Å². The van der Waals surface area contributed by atoms with Crippen LogP contribution in [0.3, 0.4) is 0 Å². The van der Waals surface area contributed by atoms with E-state index < -0.39 is 0 Å². The number of nitrogens with one attached hydrogen (secondary N) is 1. The lowest BCUT2D eigenvalue weighted by molar-refractivity contribution is 0.312. The van der Waals surface area contributed by atoms with Crippen molar-refractivity contribution in [1.82, 2.24) is 15.2 Å². The van der Waals surface area contributed by atoms with Crippen molar-refractivity contribution in [2.75, 3.05) is 38.1 Å². The first kappa shape index (κ1) is 16.4. The monoisotopic (exact) mass is 321 g/mol. The van der Waals surface area contributed by atoms with E-state index in [1.165, 1.54) is 11.1 Å². The lowest BCUT2D eigenvalue weighted by atomic mass is 10.1. The first-order valence-corrected chi connectivity index (χ1v) is 8.33. The standard InChI is InChI=1S/C19H23N5/c1-23-8-10-24(11-9-23)19-12-18(6-7-22-19)15-21-14-17-4-2-16(13-20)3-5-17/h2-7,12,21H,8-11,14-15H2,1H3. The summed E-state index contributed by atoms with van der Waals surface area (Å²) >= 11 is 0. The Morgan fingerprint density at radius 2 is 1.75 bits per heavy atom. The third kappa shape index (κ3) is 4.31. The minimum Gasteiger partial charge on any atom is -0.354 e. The van der Waals surface area contributed by atoms with Gasteiger partial charge in [0.15, 0.2) is 0 Å². The Bertz CT molecular complexity index is 696. The zero-order chi connectivity index (χ0) is 16.8. The van der Waals surface area contributed by atoms with E-state index in [1.54, 1.807) is 0 Å². The summed E-state index contributed by atoms with van der Waals surface area (Å²) in [5.41, 5.74) is 3.12. The van der Waals surface area contributed by atoms with E-state index in [0.29, 0.717) is 5.56 Å². The van der Waals surface area contributed by atoms with Crippen molar-refractivity contribution in [3.05, 3.63) is 59.3 Å². The summed E-state index contributed by atoms with van der Waals surface area (Å²) in [4.78, 5) is 9.22. The Balaban J connectivity index is 1.53. The second kappa shape index (κ2) is 7.91. The first-order chi connectivity index (χ1) is 11.7. The number of hydrogen-bond acceptors (Lipinski definition) is 5. The average Bonchev–Trinajstić information content (AvgIpc) is 2.63. The summed E-state index contributed by atoms with van der Waals surface area (Å²) < 4.78 is 0. The van der Waals surface area contributed by atoms with Gasteiger partial charge >= 0.3 is 0 Å². The SMILES string of the molecule is CN1CCN(c2cc(CNCc3ccc(C#N)cc3)ccn2)CC1. The van der Waals surface area contributed by atoms with Crippen LogP contribution in [-0.2, 0) is 13.1 Å². The maximum Gasteiger partial charge on any atom is 0.128 e. The predicted octanol–water partition coefficient (Wildman–Crippen LogP) is 1.99. The molecule has 1 aromatic carbocycles. The Morgan fingerprint density at radius 3 is 2.46 bits per heavy atom. The molecule has 0 atom stereocenters. The molecule has 1 aliphatic heterocycles. The molecule has 3 rings (SSSR count). The van der Waals surface area contributed by atoms with Crippen LogP contribution in [0.15, 0.2) is 42.6 Å². The second-order valence-electron chi connectivity index (χ2n) is 6.22. The summed E-state index contributed by atoms with van der Waals surface area (Å²) in [6, 6.07) is 14.1. The number of pyridine rings is 1. The molecule has 1 aliphatic rings. The van der Waals surface area contributed by atoms with Gasteiger partial charge < -0.3 is 15.1 Å². The highest BCUT2D eigenvalue weighted by Crippen LogP contribution is 2.15. The third-order valence-electron chi connectivity index (χ3n) is 4.38. The Morgan fingerprint density at radius 1 is 1.04 bits per heavy atom. The first-order valence-electron chi connectivity index (χ1n) is 8.33. The molecule has 2 heterocycles. The molecule has 1 aromatic heterocycles. The lowest BCUT2D eigenvalue weighted by Crippen LogP contribution is -2.44. The summed E-state index contributed by atoms with van der Waals surface area (Å²) in [7, 11) is 2.16. The molecule has 0 bridgehead atoms. The van der Waals surface area contributed by atoms with Gasteiger partial charge in [0.05, 0.1) is 11.6 Å². The van der Waals surface area contributed by atoms with Gasteiger partial charge in [0.1, 0.15) is 5.82 Å². The average molecular weight is 321 g/mol. The van der Waals surface area contributed by atoms with E-state index in [1.807, 2.05) is 30.5 Å². The molecule has 1 N–H and O–H groups in total. The van der Waals surface area contributed by atoms with Gasteiger partial charge in [-0.2, -0.15) is 5.26 Å². The van der Waals surface area contributed by atoms with Gasteiger partial charge in [0.25, 0.3) is 0 Å². The molecule has 1 fully saturated rings. The van der Waals surface area contributed by atoms with Gasteiger partial charge in [-0.3, -0.25) is 0 Å². The quantitative estimate of drug-likeness (QED) is 0.913. The molecule has 1 saturated heterocycles. The molecule has 124 valence electrons. The number of piperazine rings is 1. The fraction of sp³-hybridized carbons (Fsp3) is 0.368. The molecule has 0 aliphatic carbocycles. The molecule has 2 aromatic rings. The van der Waals surface area contributed by atoms with Crippen molar-refractivity contribution in [1.29, 1.82) is 5.26 Å². The van der Waals surface area contributed by atoms with Crippen molar-refractivity contribution in [2.45, 2.75) is 13.1 Å². The van der Waals surface area contributed by atoms with Crippen molar-refractivity contribution < 1.29 is 0 Å². The van der Waals surface area contributed by atoms with Crippen molar-refractivity contribution in [2.24, 2.45) is 0 Å². The van der Waals surface area contributed by atoms with Crippen molar-refractivity contribution in [3.63, 3.8) is 0 Å². The largest absolute Gasteiger partial charge is 0.354 e. The fourth-order valence-corrected chi connectivity index (χ4v) is 2.83. The van der Waals surface area contributed by atoms with Gasteiger partial charge in [0.2, 0.25) is 0 Å². The van der Waals surface area contributed by atoms with Gasteiger partial charge in [-0.1, -0.05) is 12.1 Å². The Labute approximate surface area is 143 Å². The van der Waals surface area contributed by atoms with Crippen LogP contribution in [0.2, 0.25) is 0 Å². The van der Waals surface area contributed by atoms with Crippen LogP contribution in [0.5, 0.6) is 0 Å². The second-order valence-corrected chi connectivity index (χ2v) is 6.22. The normalized spacial score (nSPS) is 15.2. The zero-order valence-electron chi connectivity index (χ0n) is 14.1. The zero-order valence-corrected chi connectivity index (χ0v) is 14.1. The number of nitriles is 1. The molecule has 5 heteroatoms. The van der Waals surface area contributed by atoms with E-state index in [0.717, 1.165) is 45.1 Å². The van der Waals surface area contributed by atoms with Crippen LogP contribution in [0.4, 0.5) is 5.82 Å². The molecule has 0 radical (unpaired) electrons. The van der Waals surface area contributed by atoms with Crippen LogP contribution in [-0.4, -0.2) is 43.1 Å². The van der Waals surface area contributed by atoms with Crippen molar-refractivity contribution >= 4 is 5.82 Å². The van der Waals surface area contributed by atoms with E-state index in [2.05, 4.69) is 45.4 Å². The van der Waals surface area contributed by atoms with Crippen LogP contribution in [0.25, 0.3) is 0 Å². The Kier molecular flexibility index (Phi) is 5.42. The number of likely N-dealkylation sites (N-methyl/N-ethyl adjacent to an activating group) is 1. The molecule has 24 heavy (non-hydrogen) atoms. The topological polar surface area (TPSA) is 55.2 Å². The van der Waals surface area contributed by atoms with Crippen LogP contribution >= 0.6 is 0 Å². The molecule has 0 spiro atoms. The minimum atomic E-state index is 0.699. The summed E-state index contributed by atoms with van der Waals surface area (Å²) in [5.74, 6) is 1.07. The summed E-state index contributed by atoms with van der Waals surface area (Å²) in [5, 5.41) is 12.3. The highest BCUT2D eigenvalue weighted by Gasteiger charge is 2.15. The molecule has 5 nitrogen and oxygen atoms in total. The maximum atomic E-state index is 8.82. The fourth-order valence-electron chi connectivity index (χ4n) is 2.83. The lowest BCUT2D eigenvalue weighted by Gasteiger charge is -2.33. The van der Waals surface area contributed by atoms with Gasteiger partial charge in [0, 0.05) is 45.5 Å². The van der Waals surface area contributed by atoms with Crippen molar-refractivity contribution in [3.8, 4) is 6.07 Å². The molecule has 0 amide bonds. The van der Waals surface area contributed by atoms with Gasteiger partial charge in [-0.25, -0.2) is 4.98 Å². The highest BCUT2D eigenvalue weighted by molar-refractivity contribution is 5.41. The number of aromatic nitrogens is 1. The highest BCUT2D eigenvalue weighted by atomic mass is 15.3. The molecular weight excluding hydrogens is 298 g/mol. The van der Waals surface area contributed by atoms with E-state index in [9.17, 15) is 0 Å². The number of hydrogen-bond donors (Lipinski definition) is 1. The van der Waals surface area contributed by atoms with Crippen LogP contribution in [0, 0.1) is 11.3 Å². The summed E-state index contributed by atoms with van der Waals surface area (Å²) in [6.45, 7) is 5.84. The van der Waals surface area contributed by atoms with Gasteiger partial charge in [-0.05, 0) is 42.4 Å². The summed E-state index contributed by atoms with van der Waals surface area (Å²) in [6.07, 6.45) is 1.90. The van der Waals surface area contributed by atoms with E-state index in [4.69, 9.17) is 5.26 Å². The minimum absolute atomic E-state index is 0.699.